The van der Waals surface area contributed by atoms with Crippen molar-refractivity contribution in [2.45, 2.75) is 39.5 Å². The highest BCUT2D eigenvalue weighted by Gasteiger charge is 2.33. The first-order chi connectivity index (χ1) is 52.5. The largest absolute Gasteiger partial charge is 0.478 e. The quantitative estimate of drug-likeness (QED) is 0.0958. The van der Waals surface area contributed by atoms with Gasteiger partial charge in [0.2, 0.25) is 0 Å². The Morgan fingerprint density at radius 3 is 0.776 bits per heavy atom. The summed E-state index contributed by atoms with van der Waals surface area (Å²) in [5, 5.41) is 34.7. The van der Waals surface area contributed by atoms with Crippen LogP contribution in [-0.2, 0) is 23.8 Å². The number of carbonyl (C=O) groups excluding carboxylic acids is 1. The molecule has 0 saturated carbocycles. The van der Waals surface area contributed by atoms with Crippen LogP contribution < -0.4 is 0 Å². The molecule has 4 heterocycles. The first-order valence-corrected chi connectivity index (χ1v) is 36.7. The molecule has 8 atom stereocenters. The molecule has 12 aromatic rings. The number of nitrogens with zero attached hydrogens (tertiary/aromatic N) is 4. The zero-order valence-electron chi connectivity index (χ0n) is 62.6. The van der Waals surface area contributed by atoms with Crippen molar-refractivity contribution in [1.82, 2.24) is 18.3 Å². The summed E-state index contributed by atoms with van der Waals surface area (Å²) < 4.78 is 22.5. The minimum Gasteiger partial charge on any atom is -0.478 e. The molecule has 8 aliphatic carbocycles. The second-order valence-corrected chi connectivity index (χ2v) is 26.4. The number of allylic oxidation sites excluding steroid dienone is 12. The van der Waals surface area contributed by atoms with Crippen LogP contribution in [0.15, 0.2) is 316 Å². The molecule has 0 fully saturated rings. The number of esters is 1. The normalized spacial score (nSPS) is 19.4. The number of aliphatic hydroxyl groups is 2. The molecule has 548 valence electrons. The lowest BCUT2D eigenvalue weighted by molar-refractivity contribution is -0.136. The predicted molar refractivity (Wildman–Crippen MR) is 450 cm³/mol. The minimum atomic E-state index is -0.753. The summed E-state index contributed by atoms with van der Waals surface area (Å²) in [6, 6.07) is 67.2. The van der Waals surface area contributed by atoms with Crippen LogP contribution in [-0.4, -0.2) is 94.3 Å². The van der Waals surface area contributed by atoms with Crippen molar-refractivity contribution in [3.8, 4) is 0 Å². The van der Waals surface area contributed by atoms with Gasteiger partial charge in [-0.2, -0.15) is 0 Å². The maximum absolute atomic E-state index is 11.1. The molecule has 8 aliphatic rings. The lowest BCUT2D eigenvalue weighted by atomic mass is 10.0. The number of carbonyl (C=O) groups is 2. The SMILES string of the molecule is C=Cn1c2ccccc2c2ccccc21.C=Cn1c2ccccc2c2ccccc21.C=Cn1c2ccccc2c2ccccc21.C=Cn1c2ccccc2c2ccccc21.CC.CO.COC.COC(=O)C1=CC2C=CC1C2.COCC1=CC2C=CC1C2.O=C(O)C1=CC2C=CC1C2.OCC1=CC2C=CC1C2. The number of ether oxygens (including phenoxy) is 3. The molecule has 8 aromatic carbocycles. The van der Waals surface area contributed by atoms with Gasteiger partial charge in [-0.05, 0) is 109 Å². The molecule has 8 bridgehead atoms. The van der Waals surface area contributed by atoms with Crippen molar-refractivity contribution < 1.29 is 39.1 Å². The van der Waals surface area contributed by atoms with Crippen LogP contribution in [0.3, 0.4) is 0 Å². The van der Waals surface area contributed by atoms with E-state index < -0.39 is 5.97 Å². The Hall–Kier alpha value is -11.4. The van der Waals surface area contributed by atoms with Gasteiger partial charge < -0.3 is 47.8 Å². The zero-order chi connectivity index (χ0) is 75.9. The van der Waals surface area contributed by atoms with Crippen molar-refractivity contribution in [2.75, 3.05) is 48.8 Å². The van der Waals surface area contributed by atoms with E-state index in [9.17, 15) is 9.59 Å². The summed E-state index contributed by atoms with van der Waals surface area (Å²) in [5.41, 5.74) is 13.9. The molecule has 0 spiro atoms. The summed E-state index contributed by atoms with van der Waals surface area (Å²) in [5.74, 6) is 3.22. The van der Waals surface area contributed by atoms with Crippen LogP contribution >= 0.6 is 0 Å². The Morgan fingerprint density at radius 2 is 0.607 bits per heavy atom. The van der Waals surface area contributed by atoms with Crippen molar-refractivity contribution in [1.29, 1.82) is 0 Å². The highest BCUT2D eigenvalue weighted by molar-refractivity contribution is 6.12. The van der Waals surface area contributed by atoms with Crippen molar-refractivity contribution in [2.24, 2.45) is 47.3 Å². The van der Waals surface area contributed by atoms with E-state index in [2.05, 4.69) is 303 Å². The number of carboxylic acids is 1. The highest BCUT2D eigenvalue weighted by atomic mass is 16.5. The molecular formula is C95H100N4O8. The fourth-order valence-electron chi connectivity index (χ4n) is 15.6. The van der Waals surface area contributed by atoms with Crippen molar-refractivity contribution >= 4 is 124 Å². The number of hydrogen-bond donors (Lipinski definition) is 3. The zero-order valence-corrected chi connectivity index (χ0v) is 62.6. The van der Waals surface area contributed by atoms with Crippen LogP contribution in [0.4, 0.5) is 0 Å². The summed E-state index contributed by atoms with van der Waals surface area (Å²) >= 11 is 0. The van der Waals surface area contributed by atoms with E-state index in [0.717, 1.165) is 38.0 Å². The molecule has 0 aliphatic heterocycles. The summed E-state index contributed by atoms with van der Waals surface area (Å²) in [7, 11) is 7.44. The van der Waals surface area contributed by atoms with Crippen LogP contribution in [0.5, 0.6) is 0 Å². The van der Waals surface area contributed by atoms with Crippen LogP contribution in [0.2, 0.25) is 0 Å². The predicted octanol–water partition coefficient (Wildman–Crippen LogP) is 21.8. The van der Waals surface area contributed by atoms with E-state index >= 15 is 0 Å². The Balaban J connectivity index is 0.000000130. The maximum Gasteiger partial charge on any atom is 0.334 e. The smallest absolute Gasteiger partial charge is 0.334 e. The number of methoxy groups -OCH3 is 3. The molecular weight excluding hydrogens is 1330 g/mol. The second kappa shape index (κ2) is 38.1. The molecule has 12 heteroatoms. The molecule has 4 aromatic heterocycles. The Kier molecular flexibility index (Phi) is 27.8. The molecule has 0 radical (unpaired) electrons. The van der Waals surface area contributed by atoms with Crippen molar-refractivity contribution in [3.05, 3.63) is 316 Å². The number of benzene rings is 8. The van der Waals surface area contributed by atoms with E-state index in [1.54, 1.807) is 21.3 Å². The van der Waals surface area contributed by atoms with Gasteiger partial charge in [-0.1, -0.05) is 259 Å². The molecule has 0 saturated heterocycles. The topological polar surface area (TPSA) is 142 Å². The molecule has 3 N–H and O–H groups in total. The molecule has 12 nitrogen and oxygen atoms in total. The van der Waals surface area contributed by atoms with Gasteiger partial charge >= 0.3 is 11.9 Å². The fourth-order valence-corrected chi connectivity index (χ4v) is 15.6. The maximum atomic E-state index is 11.1. The number of aliphatic hydroxyl groups excluding tert-OH is 2. The van der Waals surface area contributed by atoms with E-state index in [-0.39, 0.29) is 18.5 Å². The van der Waals surface area contributed by atoms with E-state index in [1.807, 2.05) is 56.9 Å². The number of rotatable bonds is 9. The first kappa shape index (κ1) is 78.2. The van der Waals surface area contributed by atoms with Gasteiger partial charge in [-0.15, -0.1) is 0 Å². The van der Waals surface area contributed by atoms with Gasteiger partial charge in [0, 0.05) is 131 Å². The first-order valence-electron chi connectivity index (χ1n) is 36.7. The number of hydrogen-bond acceptors (Lipinski definition) is 7. The van der Waals surface area contributed by atoms with E-state index in [4.69, 9.17) is 20.1 Å². The summed E-state index contributed by atoms with van der Waals surface area (Å²) in [6.45, 7) is 20.5. The number of fused-ring (bicyclic) bond motifs is 20. The lowest BCUT2D eigenvalue weighted by Crippen LogP contribution is -2.09. The fraction of sp³-hybridized carbons (Fsp3) is 0.221. The van der Waals surface area contributed by atoms with Crippen LogP contribution in [0.25, 0.3) is 112 Å². The monoisotopic (exact) mass is 1420 g/mol. The summed E-state index contributed by atoms with van der Waals surface area (Å²) in [6.07, 6.45) is 37.8. The van der Waals surface area contributed by atoms with Crippen molar-refractivity contribution in [3.63, 3.8) is 0 Å². The average molecular weight is 1430 g/mol. The van der Waals surface area contributed by atoms with Gasteiger partial charge in [-0.25, -0.2) is 9.59 Å². The van der Waals surface area contributed by atoms with Gasteiger partial charge in [0.1, 0.15) is 0 Å². The Morgan fingerprint density at radius 1 is 0.374 bits per heavy atom. The van der Waals surface area contributed by atoms with E-state index in [0.29, 0.717) is 41.1 Å². The van der Waals surface area contributed by atoms with E-state index in [1.165, 1.54) is 118 Å². The Bertz CT molecular complexity index is 4700. The van der Waals surface area contributed by atoms with Gasteiger partial charge in [-0.3, -0.25) is 0 Å². The molecule has 8 unspecified atom stereocenters. The third-order valence-corrected chi connectivity index (χ3v) is 20.2. The highest BCUT2D eigenvalue weighted by Crippen LogP contribution is 2.42. The van der Waals surface area contributed by atoms with Gasteiger partial charge in [0.25, 0.3) is 0 Å². The van der Waals surface area contributed by atoms with Gasteiger partial charge in [0.15, 0.2) is 0 Å². The minimum absolute atomic E-state index is 0.165. The number of para-hydroxylation sites is 8. The molecule has 107 heavy (non-hydrogen) atoms. The van der Waals surface area contributed by atoms with Crippen LogP contribution in [0.1, 0.15) is 39.5 Å². The second-order valence-electron chi connectivity index (χ2n) is 26.4. The summed E-state index contributed by atoms with van der Waals surface area (Å²) in [4.78, 5) is 21.6. The van der Waals surface area contributed by atoms with Crippen LogP contribution in [0, 0.1) is 47.3 Å². The third-order valence-electron chi connectivity index (χ3n) is 20.2. The molecule has 0 amide bonds. The standard InChI is InChI=1S/4C14H11N.C9H10O2.C9H12O.C8H8O2.C8H10O.C2H6O.C2H6.CH4O/c4*1-2-15-13-9-5-3-7-11(13)12-8-4-6-10-14(12)15;1-11-9(10)8-5-6-2-3-7(8)4-6;1-10-6-9-5-7-2-3-8(9)4-7;9-8(10)7-4-5-1-2-6(7)3-5;9-5-8-4-6-1-2-7(8)3-6;1-3-2;2*1-2/h4*2-10H,1H2;2-3,5-7H,4H2,1H3;2-3,5,7-8H,4,6H2,1H3;1-2,4-6H,3H2,(H,9,10);1-2,4,6-7,9H,3,5H2;1-2H3;1-2H3;2H,1H3. The third kappa shape index (κ3) is 17.5. The number of carboxylic acid groups (broad SMARTS) is 1. The average Bonchev–Trinajstić information content (AvgIpc) is 1.63. The number of aromatic nitrogens is 4. The number of aliphatic carboxylic acids is 1. The molecule has 20 rings (SSSR count). The Labute approximate surface area is 629 Å². The van der Waals surface area contributed by atoms with Gasteiger partial charge in [0.05, 0.1) is 64.5 Å². The lowest BCUT2D eigenvalue weighted by Gasteiger charge is -2.07.